The number of benzene rings is 2. The maximum absolute atomic E-state index is 5.98. The van der Waals surface area contributed by atoms with Crippen LogP contribution in [0.2, 0.25) is 0 Å². The molecule has 3 N–H and O–H groups in total. The molecule has 2 aromatic rings. The number of rotatable bonds is 4. The molecule has 0 aliphatic carbocycles. The Bertz CT molecular complexity index is 584. The van der Waals surface area contributed by atoms with Crippen molar-refractivity contribution in [3.8, 4) is 5.75 Å². The number of hydrogen-bond acceptors (Lipinski definition) is 3. The molecule has 0 saturated heterocycles. The number of nitrogens with two attached hydrogens (primary N) is 1. The van der Waals surface area contributed by atoms with Gasteiger partial charge < -0.3 is 15.8 Å². The highest BCUT2D eigenvalue weighted by Crippen LogP contribution is 2.29. The molecule has 2 aromatic carbocycles. The number of methoxy groups -OCH3 is 1. The summed E-state index contributed by atoms with van der Waals surface area (Å²) >= 11 is 3.40. The average Bonchev–Trinajstić information content (AvgIpc) is 2.41. The second-order valence-corrected chi connectivity index (χ2v) is 5.15. The Hall–Kier alpha value is -1.68. The van der Waals surface area contributed by atoms with E-state index in [9.17, 15) is 0 Å². The van der Waals surface area contributed by atoms with Crippen molar-refractivity contribution in [2.45, 2.75) is 13.3 Å². The number of ether oxygens (including phenoxy) is 1. The van der Waals surface area contributed by atoms with Gasteiger partial charge in [-0.05, 0) is 48.4 Å². The Morgan fingerprint density at radius 1 is 1.21 bits per heavy atom. The fraction of sp³-hybridized carbons (Fsp3) is 0.200. The van der Waals surface area contributed by atoms with E-state index in [1.807, 2.05) is 30.3 Å². The first-order valence-electron chi connectivity index (χ1n) is 6.13. The Morgan fingerprint density at radius 2 is 2.00 bits per heavy atom. The van der Waals surface area contributed by atoms with Crippen molar-refractivity contribution in [2.75, 3.05) is 18.2 Å². The highest BCUT2D eigenvalue weighted by atomic mass is 79.9. The summed E-state index contributed by atoms with van der Waals surface area (Å²) in [7, 11) is 1.69. The average molecular weight is 321 g/mol. The van der Waals surface area contributed by atoms with Crippen LogP contribution in [-0.4, -0.2) is 7.11 Å². The lowest BCUT2D eigenvalue weighted by atomic mass is 10.1. The second-order valence-electron chi connectivity index (χ2n) is 4.24. The summed E-state index contributed by atoms with van der Waals surface area (Å²) in [6, 6.07) is 11.8. The number of halogens is 1. The van der Waals surface area contributed by atoms with E-state index >= 15 is 0 Å². The number of anilines is 3. The summed E-state index contributed by atoms with van der Waals surface area (Å²) in [5.41, 5.74) is 9.76. The van der Waals surface area contributed by atoms with Gasteiger partial charge in [-0.3, -0.25) is 0 Å². The quantitative estimate of drug-likeness (QED) is 0.823. The molecule has 4 heteroatoms. The van der Waals surface area contributed by atoms with Crippen LogP contribution in [0.4, 0.5) is 17.1 Å². The van der Waals surface area contributed by atoms with Crippen molar-refractivity contribution in [3.05, 3.63) is 46.4 Å². The first-order valence-corrected chi connectivity index (χ1v) is 6.92. The summed E-state index contributed by atoms with van der Waals surface area (Å²) in [5.74, 6) is 0.914. The molecule has 0 amide bonds. The van der Waals surface area contributed by atoms with E-state index in [2.05, 4.69) is 34.2 Å². The summed E-state index contributed by atoms with van der Waals surface area (Å²) in [6.07, 6.45) is 0.925. The first kappa shape index (κ1) is 13.7. The van der Waals surface area contributed by atoms with Gasteiger partial charge in [0.1, 0.15) is 5.75 Å². The molecular formula is C15H17BrN2O. The third kappa shape index (κ3) is 3.20. The van der Waals surface area contributed by atoms with Crippen LogP contribution in [0.3, 0.4) is 0 Å². The lowest BCUT2D eigenvalue weighted by molar-refractivity contribution is 0.410. The van der Waals surface area contributed by atoms with Crippen molar-refractivity contribution >= 4 is 33.0 Å². The Kier molecular flexibility index (Phi) is 4.32. The standard InChI is InChI=1S/C15H17BrN2O/c1-3-10-8-12(5-7-15(10)19-2)18-14-6-4-11(16)9-13(14)17/h4-9,18H,3,17H2,1-2H3. The summed E-state index contributed by atoms with van der Waals surface area (Å²) in [5, 5.41) is 3.32. The number of nitrogen functional groups attached to an aromatic ring is 1. The van der Waals surface area contributed by atoms with Crippen LogP contribution in [-0.2, 0) is 6.42 Å². The fourth-order valence-corrected chi connectivity index (χ4v) is 2.31. The fourth-order valence-electron chi connectivity index (χ4n) is 1.94. The zero-order valence-corrected chi connectivity index (χ0v) is 12.6. The van der Waals surface area contributed by atoms with Gasteiger partial charge in [-0.1, -0.05) is 22.9 Å². The molecule has 2 rings (SSSR count). The van der Waals surface area contributed by atoms with E-state index in [1.165, 1.54) is 5.56 Å². The maximum Gasteiger partial charge on any atom is 0.122 e. The second kappa shape index (κ2) is 5.97. The first-order chi connectivity index (χ1) is 9.13. The van der Waals surface area contributed by atoms with Gasteiger partial charge in [-0.15, -0.1) is 0 Å². The molecule has 0 unspecified atom stereocenters. The lowest BCUT2D eigenvalue weighted by Gasteiger charge is -2.13. The van der Waals surface area contributed by atoms with Crippen molar-refractivity contribution in [3.63, 3.8) is 0 Å². The summed E-state index contributed by atoms with van der Waals surface area (Å²) in [4.78, 5) is 0. The van der Waals surface area contributed by atoms with Gasteiger partial charge in [0.05, 0.1) is 18.5 Å². The number of hydrogen-bond donors (Lipinski definition) is 2. The third-order valence-electron chi connectivity index (χ3n) is 2.95. The number of aryl methyl sites for hydroxylation is 1. The molecule has 0 aliphatic rings. The number of nitrogens with one attached hydrogen (secondary N) is 1. The van der Waals surface area contributed by atoms with Crippen molar-refractivity contribution in [2.24, 2.45) is 0 Å². The van der Waals surface area contributed by atoms with Crippen LogP contribution in [0.1, 0.15) is 12.5 Å². The molecule has 0 atom stereocenters. The summed E-state index contributed by atoms with van der Waals surface area (Å²) < 4.78 is 6.29. The lowest BCUT2D eigenvalue weighted by Crippen LogP contribution is -1.98. The van der Waals surface area contributed by atoms with Gasteiger partial charge in [-0.2, -0.15) is 0 Å². The van der Waals surface area contributed by atoms with E-state index in [4.69, 9.17) is 10.5 Å². The van der Waals surface area contributed by atoms with Crippen molar-refractivity contribution in [1.82, 2.24) is 0 Å². The highest BCUT2D eigenvalue weighted by molar-refractivity contribution is 9.10. The summed E-state index contributed by atoms with van der Waals surface area (Å²) in [6.45, 7) is 2.11. The molecule has 0 radical (unpaired) electrons. The van der Waals surface area contributed by atoms with E-state index in [0.717, 1.165) is 28.0 Å². The van der Waals surface area contributed by atoms with E-state index in [-0.39, 0.29) is 0 Å². The third-order valence-corrected chi connectivity index (χ3v) is 3.45. The highest BCUT2D eigenvalue weighted by Gasteiger charge is 2.04. The van der Waals surface area contributed by atoms with Crippen LogP contribution >= 0.6 is 15.9 Å². The van der Waals surface area contributed by atoms with Gasteiger partial charge in [0.25, 0.3) is 0 Å². The van der Waals surface area contributed by atoms with Gasteiger partial charge in [-0.25, -0.2) is 0 Å². The minimum atomic E-state index is 0.711. The van der Waals surface area contributed by atoms with Gasteiger partial charge in [0, 0.05) is 10.2 Å². The molecule has 0 saturated carbocycles. The minimum absolute atomic E-state index is 0.711. The molecule has 0 spiro atoms. The normalized spacial score (nSPS) is 10.3. The zero-order valence-electron chi connectivity index (χ0n) is 11.0. The van der Waals surface area contributed by atoms with Crippen molar-refractivity contribution < 1.29 is 4.74 Å². The molecule has 0 aromatic heterocycles. The van der Waals surface area contributed by atoms with Crippen LogP contribution in [0.25, 0.3) is 0 Å². The predicted octanol–water partition coefficient (Wildman–Crippen LogP) is 4.35. The van der Waals surface area contributed by atoms with Gasteiger partial charge in [0.15, 0.2) is 0 Å². The van der Waals surface area contributed by atoms with E-state index < -0.39 is 0 Å². The van der Waals surface area contributed by atoms with Gasteiger partial charge in [0.2, 0.25) is 0 Å². The Morgan fingerprint density at radius 3 is 2.63 bits per heavy atom. The molecule has 0 bridgehead atoms. The Balaban J connectivity index is 2.28. The molecule has 3 nitrogen and oxygen atoms in total. The molecular weight excluding hydrogens is 304 g/mol. The van der Waals surface area contributed by atoms with Crippen LogP contribution in [0.15, 0.2) is 40.9 Å². The minimum Gasteiger partial charge on any atom is -0.496 e. The molecule has 0 aliphatic heterocycles. The zero-order chi connectivity index (χ0) is 13.8. The molecule has 100 valence electrons. The largest absolute Gasteiger partial charge is 0.496 e. The topological polar surface area (TPSA) is 47.3 Å². The smallest absolute Gasteiger partial charge is 0.122 e. The Labute approximate surface area is 121 Å². The van der Waals surface area contributed by atoms with E-state index in [1.54, 1.807) is 7.11 Å². The molecule has 0 fully saturated rings. The molecule has 19 heavy (non-hydrogen) atoms. The monoisotopic (exact) mass is 320 g/mol. The van der Waals surface area contributed by atoms with Crippen LogP contribution in [0.5, 0.6) is 5.75 Å². The van der Waals surface area contributed by atoms with Crippen LogP contribution in [0, 0.1) is 0 Å². The molecule has 0 heterocycles. The van der Waals surface area contributed by atoms with Crippen LogP contribution < -0.4 is 15.8 Å². The maximum atomic E-state index is 5.98. The van der Waals surface area contributed by atoms with Crippen molar-refractivity contribution in [1.29, 1.82) is 0 Å². The SMILES string of the molecule is CCc1cc(Nc2ccc(Br)cc2N)ccc1OC. The predicted molar refractivity (Wildman–Crippen MR) is 84.2 cm³/mol. The van der Waals surface area contributed by atoms with Gasteiger partial charge >= 0.3 is 0 Å². The van der Waals surface area contributed by atoms with E-state index in [0.29, 0.717) is 5.69 Å².